The summed E-state index contributed by atoms with van der Waals surface area (Å²) in [4.78, 5) is 0. The summed E-state index contributed by atoms with van der Waals surface area (Å²) in [6, 6.07) is 3.88. The van der Waals surface area contributed by atoms with Crippen molar-refractivity contribution in [1.82, 2.24) is 0 Å². The smallest absolute Gasteiger partial charge is 0.122 e. The number of methoxy groups -OCH3 is 2. The van der Waals surface area contributed by atoms with Gasteiger partial charge in [-0.3, -0.25) is 0 Å². The number of halogens is 1. The van der Waals surface area contributed by atoms with E-state index in [4.69, 9.17) is 15.2 Å². The predicted molar refractivity (Wildman–Crippen MR) is 80.4 cm³/mol. The molecule has 2 N–H and O–H groups in total. The van der Waals surface area contributed by atoms with Crippen molar-refractivity contribution in [3.8, 4) is 11.5 Å². The van der Waals surface area contributed by atoms with Crippen molar-refractivity contribution in [3.05, 3.63) is 23.3 Å². The third kappa shape index (κ3) is 4.37. The molecule has 0 aliphatic carbocycles. The van der Waals surface area contributed by atoms with E-state index in [0.717, 1.165) is 29.7 Å². The Morgan fingerprint density at radius 1 is 1.00 bits per heavy atom. The van der Waals surface area contributed by atoms with Crippen LogP contribution in [0.5, 0.6) is 11.5 Å². The van der Waals surface area contributed by atoms with Crippen LogP contribution in [-0.2, 0) is 12.8 Å². The number of rotatable bonds is 8. The number of ether oxygens (including phenoxy) is 2. The molecule has 114 valence electrons. The Balaban J connectivity index is 3.09. The highest BCUT2D eigenvalue weighted by Crippen LogP contribution is 2.31. The van der Waals surface area contributed by atoms with Gasteiger partial charge in [0.15, 0.2) is 0 Å². The number of benzene rings is 1. The molecular weight excluding hydrogens is 257 g/mol. The van der Waals surface area contributed by atoms with E-state index >= 15 is 0 Å². The first-order valence-corrected chi connectivity index (χ1v) is 7.19. The summed E-state index contributed by atoms with van der Waals surface area (Å²) >= 11 is 0. The van der Waals surface area contributed by atoms with E-state index in [-0.39, 0.29) is 6.04 Å². The lowest BCUT2D eigenvalue weighted by Crippen LogP contribution is -2.21. The van der Waals surface area contributed by atoms with Crippen LogP contribution in [0.4, 0.5) is 4.39 Å². The van der Waals surface area contributed by atoms with Gasteiger partial charge in [-0.1, -0.05) is 13.8 Å². The molecule has 2 atom stereocenters. The van der Waals surface area contributed by atoms with E-state index in [1.165, 1.54) is 0 Å². The van der Waals surface area contributed by atoms with Crippen LogP contribution in [-0.4, -0.2) is 26.4 Å². The van der Waals surface area contributed by atoms with Crippen molar-refractivity contribution in [2.45, 2.75) is 51.7 Å². The van der Waals surface area contributed by atoms with Gasteiger partial charge in [0.1, 0.15) is 17.7 Å². The van der Waals surface area contributed by atoms with Crippen LogP contribution in [0, 0.1) is 0 Å². The fourth-order valence-corrected chi connectivity index (χ4v) is 2.15. The number of alkyl halides is 1. The zero-order valence-electron chi connectivity index (χ0n) is 12.9. The maximum atomic E-state index is 13.6. The van der Waals surface area contributed by atoms with E-state index in [2.05, 4.69) is 6.92 Å². The molecule has 0 aliphatic rings. The van der Waals surface area contributed by atoms with E-state index in [0.29, 0.717) is 18.6 Å². The molecule has 0 fully saturated rings. The van der Waals surface area contributed by atoms with E-state index < -0.39 is 6.17 Å². The highest BCUT2D eigenvalue weighted by atomic mass is 19.1. The van der Waals surface area contributed by atoms with E-state index in [1.54, 1.807) is 14.2 Å². The van der Waals surface area contributed by atoms with Crippen LogP contribution < -0.4 is 15.2 Å². The summed E-state index contributed by atoms with van der Waals surface area (Å²) in [5.74, 6) is 1.47. The summed E-state index contributed by atoms with van der Waals surface area (Å²) in [5.41, 5.74) is 7.85. The third-order valence-electron chi connectivity index (χ3n) is 3.57. The number of hydrogen-bond donors (Lipinski definition) is 1. The van der Waals surface area contributed by atoms with Gasteiger partial charge in [-0.05, 0) is 37.0 Å². The van der Waals surface area contributed by atoms with Gasteiger partial charge in [0.25, 0.3) is 0 Å². The Hall–Kier alpha value is -1.29. The summed E-state index contributed by atoms with van der Waals surface area (Å²) < 4.78 is 24.4. The Morgan fingerprint density at radius 3 is 1.90 bits per heavy atom. The van der Waals surface area contributed by atoms with Gasteiger partial charge in [-0.2, -0.15) is 0 Å². The van der Waals surface area contributed by atoms with Crippen LogP contribution in [0.25, 0.3) is 0 Å². The molecule has 4 heteroatoms. The average Bonchev–Trinajstić information content (AvgIpc) is 2.47. The first-order chi connectivity index (χ1) is 9.55. The van der Waals surface area contributed by atoms with Gasteiger partial charge in [0.2, 0.25) is 0 Å². The average molecular weight is 283 g/mol. The maximum Gasteiger partial charge on any atom is 0.122 e. The molecule has 0 heterocycles. The Bertz CT molecular complexity index is 383. The minimum atomic E-state index is -0.864. The minimum Gasteiger partial charge on any atom is -0.496 e. The zero-order valence-corrected chi connectivity index (χ0v) is 12.9. The lowest BCUT2D eigenvalue weighted by molar-refractivity contribution is 0.316. The molecule has 0 bridgehead atoms. The molecule has 20 heavy (non-hydrogen) atoms. The van der Waals surface area contributed by atoms with Crippen LogP contribution >= 0.6 is 0 Å². The number of hydrogen-bond acceptors (Lipinski definition) is 3. The molecule has 0 aliphatic heterocycles. The molecule has 0 saturated carbocycles. The second kappa shape index (κ2) is 8.10. The molecule has 1 aromatic rings. The SMILES string of the molecule is CCC(N)Cc1cc(OC)c(CC(F)CC)cc1OC. The molecule has 3 nitrogen and oxygen atoms in total. The van der Waals surface area contributed by atoms with Crippen LogP contribution in [0.2, 0.25) is 0 Å². The van der Waals surface area contributed by atoms with Gasteiger partial charge >= 0.3 is 0 Å². The molecule has 0 aromatic heterocycles. The Labute approximate surface area is 121 Å². The zero-order chi connectivity index (χ0) is 15.1. The monoisotopic (exact) mass is 283 g/mol. The predicted octanol–water partition coefficient (Wildman–Crippen LogP) is 3.27. The van der Waals surface area contributed by atoms with Crippen molar-refractivity contribution in [3.63, 3.8) is 0 Å². The Morgan fingerprint density at radius 2 is 1.50 bits per heavy atom. The quantitative estimate of drug-likeness (QED) is 0.796. The topological polar surface area (TPSA) is 44.5 Å². The number of nitrogens with two attached hydrogens (primary N) is 1. The van der Waals surface area contributed by atoms with Crippen molar-refractivity contribution in [1.29, 1.82) is 0 Å². The lowest BCUT2D eigenvalue weighted by atomic mass is 9.98. The highest BCUT2D eigenvalue weighted by Gasteiger charge is 2.16. The second-order valence-electron chi connectivity index (χ2n) is 5.06. The van der Waals surface area contributed by atoms with Gasteiger partial charge in [0, 0.05) is 18.0 Å². The van der Waals surface area contributed by atoms with Crippen LogP contribution in [0.1, 0.15) is 37.8 Å². The fourth-order valence-electron chi connectivity index (χ4n) is 2.15. The van der Waals surface area contributed by atoms with E-state index in [9.17, 15) is 4.39 Å². The maximum absolute atomic E-state index is 13.6. The first-order valence-electron chi connectivity index (χ1n) is 7.19. The van der Waals surface area contributed by atoms with Crippen molar-refractivity contribution < 1.29 is 13.9 Å². The van der Waals surface area contributed by atoms with Gasteiger partial charge in [-0.15, -0.1) is 0 Å². The summed E-state index contributed by atoms with van der Waals surface area (Å²) in [7, 11) is 3.23. The molecule has 0 spiro atoms. The minimum absolute atomic E-state index is 0.0871. The standard InChI is InChI=1S/C16H26FNO2/c1-5-13(17)7-11-9-16(20-4)12(8-14(18)6-2)10-15(11)19-3/h9-10,13-14H,5-8,18H2,1-4H3. The summed E-state index contributed by atoms with van der Waals surface area (Å²) in [6.45, 7) is 3.89. The molecule has 1 rings (SSSR count). The lowest BCUT2D eigenvalue weighted by Gasteiger charge is -2.17. The second-order valence-corrected chi connectivity index (χ2v) is 5.06. The molecule has 0 saturated heterocycles. The van der Waals surface area contributed by atoms with Gasteiger partial charge < -0.3 is 15.2 Å². The molecule has 2 unspecified atom stereocenters. The Kier molecular flexibility index (Phi) is 6.79. The molecule has 1 aromatic carbocycles. The van der Waals surface area contributed by atoms with Crippen LogP contribution in [0.3, 0.4) is 0 Å². The third-order valence-corrected chi connectivity index (χ3v) is 3.57. The van der Waals surface area contributed by atoms with Crippen molar-refractivity contribution in [2.24, 2.45) is 5.73 Å². The van der Waals surface area contributed by atoms with Gasteiger partial charge in [0.05, 0.1) is 14.2 Å². The molecular formula is C16H26FNO2. The fraction of sp³-hybridized carbons (Fsp3) is 0.625. The highest BCUT2D eigenvalue weighted by molar-refractivity contribution is 5.47. The van der Waals surface area contributed by atoms with Crippen molar-refractivity contribution >= 4 is 0 Å². The summed E-state index contributed by atoms with van der Waals surface area (Å²) in [6.07, 6.45) is 1.60. The van der Waals surface area contributed by atoms with Gasteiger partial charge in [-0.25, -0.2) is 4.39 Å². The first kappa shape index (κ1) is 16.8. The molecule has 0 amide bonds. The summed E-state index contributed by atoms with van der Waals surface area (Å²) in [5, 5.41) is 0. The molecule has 0 radical (unpaired) electrons. The van der Waals surface area contributed by atoms with Crippen LogP contribution in [0.15, 0.2) is 12.1 Å². The largest absolute Gasteiger partial charge is 0.496 e. The normalized spacial score (nSPS) is 13.9. The van der Waals surface area contributed by atoms with E-state index in [1.807, 2.05) is 19.1 Å². The van der Waals surface area contributed by atoms with Crippen molar-refractivity contribution in [2.75, 3.05) is 14.2 Å².